The molecule has 0 aromatic heterocycles. The second-order valence-electron chi connectivity index (χ2n) is 4.76. The summed E-state index contributed by atoms with van der Waals surface area (Å²) in [7, 11) is 0. The summed E-state index contributed by atoms with van der Waals surface area (Å²) in [4.78, 5) is 11.9. The van der Waals surface area contributed by atoms with Gasteiger partial charge in [0.2, 0.25) is 0 Å². The highest BCUT2D eigenvalue weighted by atomic mass is 19.1. The molecule has 2 fully saturated rings. The van der Waals surface area contributed by atoms with E-state index in [0.29, 0.717) is 5.56 Å². The molecule has 1 saturated heterocycles. The molecule has 3 heteroatoms. The summed E-state index contributed by atoms with van der Waals surface area (Å²) in [6, 6.07) is 4.96. The van der Waals surface area contributed by atoms with E-state index in [-0.39, 0.29) is 17.9 Å². The highest BCUT2D eigenvalue weighted by molar-refractivity contribution is 5.87. The van der Waals surface area contributed by atoms with Gasteiger partial charge in [-0.15, -0.1) is 0 Å². The number of halogens is 1. The van der Waals surface area contributed by atoms with E-state index < -0.39 is 5.41 Å². The Morgan fingerprint density at radius 1 is 1.50 bits per heavy atom. The van der Waals surface area contributed by atoms with E-state index >= 15 is 0 Å². The summed E-state index contributed by atoms with van der Waals surface area (Å²) in [6.45, 7) is 1.73. The van der Waals surface area contributed by atoms with E-state index in [1.54, 1.807) is 13.0 Å². The summed E-state index contributed by atoms with van der Waals surface area (Å²) in [6.07, 6.45) is 2.47. The van der Waals surface area contributed by atoms with Gasteiger partial charge in [-0.05, 0) is 37.0 Å². The minimum absolute atomic E-state index is 0.0511. The van der Waals surface area contributed by atoms with Crippen LogP contribution in [0.1, 0.15) is 30.4 Å². The first-order valence-electron chi connectivity index (χ1n) is 5.60. The minimum Gasteiger partial charge on any atom is -0.462 e. The molecule has 1 aliphatic heterocycles. The first-order valence-corrected chi connectivity index (χ1v) is 5.60. The third-order valence-electron chi connectivity index (χ3n) is 3.92. The Kier molecular flexibility index (Phi) is 1.88. The molecule has 1 aromatic carbocycles. The van der Waals surface area contributed by atoms with Crippen LogP contribution in [0.15, 0.2) is 18.2 Å². The van der Waals surface area contributed by atoms with E-state index in [2.05, 4.69) is 0 Å². The standard InChI is InChI=1S/C13H13FO2/c1-8-10(3-2-4-11(8)14)13-6-5-9(7-13)16-12(13)15/h2-4,9H,5-7H2,1H3/t9-,13+/m1/s1. The number of benzene rings is 1. The van der Waals surface area contributed by atoms with E-state index in [9.17, 15) is 9.18 Å². The maximum absolute atomic E-state index is 13.5. The Hall–Kier alpha value is -1.38. The largest absolute Gasteiger partial charge is 0.462 e. The summed E-state index contributed by atoms with van der Waals surface area (Å²) >= 11 is 0. The van der Waals surface area contributed by atoms with Gasteiger partial charge in [0, 0.05) is 6.42 Å². The lowest BCUT2D eigenvalue weighted by atomic mass is 9.77. The Morgan fingerprint density at radius 2 is 2.31 bits per heavy atom. The van der Waals surface area contributed by atoms with Gasteiger partial charge >= 0.3 is 5.97 Å². The van der Waals surface area contributed by atoms with Crippen molar-refractivity contribution in [2.24, 2.45) is 0 Å². The smallest absolute Gasteiger partial charge is 0.316 e. The Balaban J connectivity index is 2.16. The predicted octanol–water partition coefficient (Wildman–Crippen LogP) is 2.48. The van der Waals surface area contributed by atoms with Crippen molar-refractivity contribution in [3.8, 4) is 0 Å². The second kappa shape index (κ2) is 3.06. The summed E-state index contributed by atoms with van der Waals surface area (Å²) < 4.78 is 18.8. The molecule has 1 saturated carbocycles. The molecule has 84 valence electrons. The summed E-state index contributed by atoms with van der Waals surface area (Å²) in [5, 5.41) is 0. The molecule has 16 heavy (non-hydrogen) atoms. The second-order valence-corrected chi connectivity index (χ2v) is 4.76. The zero-order valence-corrected chi connectivity index (χ0v) is 9.13. The number of fused-ring (bicyclic) bond motifs is 2. The number of rotatable bonds is 1. The summed E-state index contributed by atoms with van der Waals surface area (Å²) in [5.74, 6) is -0.410. The van der Waals surface area contributed by atoms with Gasteiger partial charge < -0.3 is 4.74 Å². The molecule has 0 N–H and O–H groups in total. The third kappa shape index (κ3) is 1.09. The lowest BCUT2D eigenvalue weighted by Gasteiger charge is -2.25. The maximum Gasteiger partial charge on any atom is 0.316 e. The van der Waals surface area contributed by atoms with Gasteiger partial charge in [-0.25, -0.2) is 4.39 Å². The molecule has 0 spiro atoms. The lowest BCUT2D eigenvalue weighted by molar-refractivity contribution is -0.149. The average molecular weight is 220 g/mol. The molecule has 1 heterocycles. The van der Waals surface area contributed by atoms with Crippen molar-refractivity contribution in [3.63, 3.8) is 0 Å². The van der Waals surface area contributed by atoms with Gasteiger partial charge in [0.25, 0.3) is 0 Å². The molecule has 1 aliphatic carbocycles. The highest BCUT2D eigenvalue weighted by Crippen LogP contribution is 2.50. The van der Waals surface area contributed by atoms with Crippen LogP contribution in [-0.4, -0.2) is 12.1 Å². The Morgan fingerprint density at radius 3 is 2.94 bits per heavy atom. The monoisotopic (exact) mass is 220 g/mol. The molecule has 2 nitrogen and oxygen atoms in total. The molecule has 2 bridgehead atoms. The van der Waals surface area contributed by atoms with Crippen LogP contribution in [0.25, 0.3) is 0 Å². The molecule has 0 radical (unpaired) electrons. The van der Waals surface area contributed by atoms with Crippen molar-refractivity contribution in [2.45, 2.75) is 37.7 Å². The van der Waals surface area contributed by atoms with E-state index in [4.69, 9.17) is 4.74 Å². The van der Waals surface area contributed by atoms with Gasteiger partial charge in [0.05, 0.1) is 5.41 Å². The molecule has 2 aliphatic rings. The van der Waals surface area contributed by atoms with Crippen LogP contribution in [0.5, 0.6) is 0 Å². The lowest BCUT2D eigenvalue weighted by Crippen LogP contribution is -2.32. The number of carbonyl (C=O) groups excluding carboxylic acids is 1. The number of esters is 1. The van der Waals surface area contributed by atoms with E-state index in [1.807, 2.05) is 6.07 Å². The highest BCUT2D eigenvalue weighted by Gasteiger charge is 2.55. The maximum atomic E-state index is 13.5. The van der Waals surface area contributed by atoms with Crippen LogP contribution in [0.3, 0.4) is 0 Å². The number of hydrogen-bond acceptors (Lipinski definition) is 2. The average Bonchev–Trinajstić information content (AvgIpc) is 2.79. The van der Waals surface area contributed by atoms with E-state index in [1.165, 1.54) is 6.07 Å². The zero-order valence-electron chi connectivity index (χ0n) is 9.13. The molecule has 0 unspecified atom stereocenters. The van der Waals surface area contributed by atoms with Crippen LogP contribution < -0.4 is 0 Å². The van der Waals surface area contributed by atoms with Gasteiger partial charge in [-0.3, -0.25) is 4.79 Å². The van der Waals surface area contributed by atoms with Crippen LogP contribution in [-0.2, 0) is 14.9 Å². The fourth-order valence-corrected chi connectivity index (χ4v) is 3.03. The predicted molar refractivity (Wildman–Crippen MR) is 56.5 cm³/mol. The molecule has 2 atom stereocenters. The fourth-order valence-electron chi connectivity index (χ4n) is 3.03. The molecule has 3 rings (SSSR count). The number of hydrogen-bond donors (Lipinski definition) is 0. The molecule has 1 aromatic rings. The topological polar surface area (TPSA) is 26.3 Å². The first-order chi connectivity index (χ1) is 7.63. The van der Waals surface area contributed by atoms with Crippen LogP contribution in [0.2, 0.25) is 0 Å². The Bertz CT molecular complexity index is 469. The normalized spacial score (nSPS) is 31.9. The number of ether oxygens (including phenoxy) is 1. The Labute approximate surface area is 93.4 Å². The van der Waals surface area contributed by atoms with Crippen LogP contribution in [0, 0.1) is 12.7 Å². The van der Waals surface area contributed by atoms with Crippen molar-refractivity contribution in [3.05, 3.63) is 35.1 Å². The SMILES string of the molecule is Cc1c(F)cccc1[C@]12CC[C@H](C1)OC2=O. The fraction of sp³-hybridized carbons (Fsp3) is 0.462. The van der Waals surface area contributed by atoms with Gasteiger partial charge in [-0.1, -0.05) is 12.1 Å². The minimum atomic E-state index is -0.559. The molecular weight excluding hydrogens is 207 g/mol. The summed E-state index contributed by atoms with van der Waals surface area (Å²) in [5.41, 5.74) is 0.844. The van der Waals surface area contributed by atoms with Gasteiger partial charge in [0.15, 0.2) is 0 Å². The van der Waals surface area contributed by atoms with Crippen molar-refractivity contribution < 1.29 is 13.9 Å². The third-order valence-corrected chi connectivity index (χ3v) is 3.92. The van der Waals surface area contributed by atoms with Crippen molar-refractivity contribution in [1.82, 2.24) is 0 Å². The van der Waals surface area contributed by atoms with Crippen molar-refractivity contribution in [2.75, 3.05) is 0 Å². The first kappa shape index (κ1) is 9.82. The zero-order chi connectivity index (χ0) is 11.3. The number of carbonyl (C=O) groups is 1. The van der Waals surface area contributed by atoms with E-state index in [0.717, 1.165) is 24.8 Å². The van der Waals surface area contributed by atoms with Crippen LogP contribution >= 0.6 is 0 Å². The molecule has 0 amide bonds. The van der Waals surface area contributed by atoms with Crippen molar-refractivity contribution in [1.29, 1.82) is 0 Å². The quantitative estimate of drug-likeness (QED) is 0.680. The molecular formula is C13H13FO2. The van der Waals surface area contributed by atoms with Crippen LogP contribution in [0.4, 0.5) is 4.39 Å². The van der Waals surface area contributed by atoms with Gasteiger partial charge in [0.1, 0.15) is 11.9 Å². The van der Waals surface area contributed by atoms with Crippen molar-refractivity contribution >= 4 is 5.97 Å². The van der Waals surface area contributed by atoms with Gasteiger partial charge in [-0.2, -0.15) is 0 Å².